The van der Waals surface area contributed by atoms with E-state index in [1.165, 1.54) is 41.9 Å². The number of hydrogen-bond acceptors (Lipinski definition) is 5. The Morgan fingerprint density at radius 1 is 0.314 bits per heavy atom. The molecular weight excluding hydrogens is 641 g/mol. The zero-order chi connectivity index (χ0) is 33.7. The van der Waals surface area contributed by atoms with Crippen LogP contribution in [0.25, 0.3) is 98.4 Å². The SMILES string of the molecule is c1ccc(-c2nc(-c3ccccc3)nc(-c3ccc(-c4cccc5c4sc4c5ccc5c(-c6ccccc6)nc6ccccc6c54)cc3)n2)cc1. The molecule has 0 amide bonds. The number of benzene rings is 7. The number of thiophene rings is 1. The third-order valence-electron chi connectivity index (χ3n) is 9.53. The summed E-state index contributed by atoms with van der Waals surface area (Å²) in [5, 5.41) is 6.14. The van der Waals surface area contributed by atoms with Crippen LogP contribution in [0.2, 0.25) is 0 Å². The molecule has 238 valence electrons. The molecule has 0 radical (unpaired) electrons. The summed E-state index contributed by atoms with van der Waals surface area (Å²) in [6, 6.07) is 59.0. The maximum Gasteiger partial charge on any atom is 0.164 e. The van der Waals surface area contributed by atoms with Crippen LogP contribution in [0.3, 0.4) is 0 Å². The first-order valence-corrected chi connectivity index (χ1v) is 17.8. The molecule has 4 nitrogen and oxygen atoms in total. The summed E-state index contributed by atoms with van der Waals surface area (Å²) >= 11 is 1.87. The van der Waals surface area contributed by atoms with Crippen molar-refractivity contribution < 1.29 is 0 Å². The van der Waals surface area contributed by atoms with Gasteiger partial charge in [0.25, 0.3) is 0 Å². The molecule has 7 aromatic carbocycles. The van der Waals surface area contributed by atoms with Gasteiger partial charge in [-0.25, -0.2) is 19.9 Å². The van der Waals surface area contributed by atoms with E-state index in [9.17, 15) is 0 Å². The monoisotopic (exact) mass is 668 g/mol. The van der Waals surface area contributed by atoms with E-state index in [4.69, 9.17) is 19.9 Å². The van der Waals surface area contributed by atoms with Crippen LogP contribution < -0.4 is 0 Å². The van der Waals surface area contributed by atoms with Crippen LogP contribution >= 0.6 is 11.3 Å². The van der Waals surface area contributed by atoms with Crippen molar-refractivity contribution in [1.82, 2.24) is 19.9 Å². The summed E-state index contributed by atoms with van der Waals surface area (Å²) in [4.78, 5) is 19.9. The molecule has 51 heavy (non-hydrogen) atoms. The Labute approximate surface area is 298 Å². The van der Waals surface area contributed by atoms with Gasteiger partial charge in [0.05, 0.1) is 11.2 Å². The van der Waals surface area contributed by atoms with Crippen LogP contribution in [0.5, 0.6) is 0 Å². The third-order valence-corrected chi connectivity index (χ3v) is 10.8. The summed E-state index contributed by atoms with van der Waals surface area (Å²) in [6.07, 6.45) is 0. The second kappa shape index (κ2) is 12.1. The highest BCUT2D eigenvalue weighted by atomic mass is 32.1. The Bertz CT molecular complexity index is 2830. The standard InChI is InChI=1S/C46H28N4S/c1-4-13-30(14-5-1)41-38-28-27-36-35-21-12-20-34(42(35)51-43(36)40(38)37-19-10-11-22-39(37)47-41)29-23-25-33(26-24-29)46-49-44(31-15-6-2-7-16-31)48-45(50-46)32-17-8-3-9-18-32/h1-28H. The van der Waals surface area contributed by atoms with Crippen LogP contribution in [0, 0.1) is 0 Å². The van der Waals surface area contributed by atoms with Crippen LogP contribution in [0.15, 0.2) is 170 Å². The van der Waals surface area contributed by atoms with Crippen molar-refractivity contribution >= 4 is 53.2 Å². The zero-order valence-corrected chi connectivity index (χ0v) is 28.2. The number of hydrogen-bond donors (Lipinski definition) is 0. The minimum absolute atomic E-state index is 0.649. The van der Waals surface area contributed by atoms with Gasteiger partial charge in [-0.1, -0.05) is 164 Å². The van der Waals surface area contributed by atoms with Gasteiger partial charge < -0.3 is 0 Å². The highest BCUT2D eigenvalue weighted by molar-refractivity contribution is 7.27. The van der Waals surface area contributed by atoms with Gasteiger partial charge in [-0.05, 0) is 17.2 Å². The van der Waals surface area contributed by atoms with Crippen molar-refractivity contribution in [2.75, 3.05) is 0 Å². The minimum Gasteiger partial charge on any atom is -0.247 e. The molecule has 0 aliphatic rings. The number of para-hydroxylation sites is 1. The Morgan fingerprint density at radius 3 is 1.45 bits per heavy atom. The molecule has 0 saturated heterocycles. The van der Waals surface area contributed by atoms with Crippen molar-refractivity contribution in [2.24, 2.45) is 0 Å². The van der Waals surface area contributed by atoms with Gasteiger partial charge in [-0.15, -0.1) is 11.3 Å². The molecule has 0 fully saturated rings. The minimum atomic E-state index is 0.649. The first-order valence-electron chi connectivity index (χ1n) is 17.0. The van der Waals surface area contributed by atoms with Gasteiger partial charge in [-0.2, -0.15) is 0 Å². The van der Waals surface area contributed by atoms with Gasteiger partial charge in [0, 0.05) is 58.6 Å². The van der Waals surface area contributed by atoms with Crippen LogP contribution in [0.4, 0.5) is 0 Å². The Morgan fingerprint density at radius 2 is 0.804 bits per heavy atom. The van der Waals surface area contributed by atoms with E-state index in [2.05, 4.69) is 109 Å². The quantitative estimate of drug-likeness (QED) is 0.171. The molecule has 0 aliphatic heterocycles. The van der Waals surface area contributed by atoms with Crippen molar-refractivity contribution in [3.05, 3.63) is 170 Å². The number of pyridine rings is 1. The summed E-state index contributed by atoms with van der Waals surface area (Å²) in [5.74, 6) is 1.96. The Hall–Kier alpha value is -6.56. The molecule has 10 aromatic rings. The Balaban J connectivity index is 1.12. The van der Waals surface area contributed by atoms with Crippen LogP contribution in [-0.2, 0) is 0 Å². The molecule has 0 unspecified atom stereocenters. The molecule has 10 rings (SSSR count). The summed E-state index contributed by atoms with van der Waals surface area (Å²) in [6.45, 7) is 0. The fourth-order valence-corrected chi connectivity index (χ4v) is 8.47. The number of fused-ring (bicyclic) bond motifs is 7. The molecule has 3 heterocycles. The average Bonchev–Trinajstić information content (AvgIpc) is 3.61. The molecule has 0 saturated carbocycles. The van der Waals surface area contributed by atoms with Crippen molar-refractivity contribution in [2.45, 2.75) is 0 Å². The van der Waals surface area contributed by atoms with Crippen molar-refractivity contribution in [1.29, 1.82) is 0 Å². The number of nitrogens with zero attached hydrogens (tertiary/aromatic N) is 4. The second-order valence-corrected chi connectivity index (χ2v) is 13.6. The molecular formula is C46H28N4S. The normalized spacial score (nSPS) is 11.5. The lowest BCUT2D eigenvalue weighted by atomic mass is 9.97. The average molecular weight is 669 g/mol. The molecule has 0 atom stereocenters. The van der Waals surface area contributed by atoms with Crippen LogP contribution in [0.1, 0.15) is 0 Å². The third kappa shape index (κ3) is 5.06. The largest absolute Gasteiger partial charge is 0.247 e. The molecule has 0 N–H and O–H groups in total. The number of rotatable bonds is 5. The zero-order valence-electron chi connectivity index (χ0n) is 27.4. The summed E-state index contributed by atoms with van der Waals surface area (Å²) < 4.78 is 2.56. The van der Waals surface area contributed by atoms with E-state index in [1.54, 1.807) is 0 Å². The van der Waals surface area contributed by atoms with E-state index in [-0.39, 0.29) is 0 Å². The van der Waals surface area contributed by atoms with Gasteiger partial charge in [-0.3, -0.25) is 0 Å². The van der Waals surface area contributed by atoms with Gasteiger partial charge in [0.2, 0.25) is 0 Å². The highest BCUT2D eigenvalue weighted by Gasteiger charge is 2.18. The molecule has 5 heteroatoms. The van der Waals surface area contributed by atoms with E-state index in [1.807, 2.05) is 72.0 Å². The van der Waals surface area contributed by atoms with E-state index >= 15 is 0 Å². The maximum absolute atomic E-state index is 5.17. The van der Waals surface area contributed by atoms with Crippen molar-refractivity contribution in [3.8, 4) is 56.5 Å². The lowest BCUT2D eigenvalue weighted by Crippen LogP contribution is -2.00. The fraction of sp³-hybridized carbons (Fsp3) is 0. The van der Waals surface area contributed by atoms with Gasteiger partial charge >= 0.3 is 0 Å². The van der Waals surface area contributed by atoms with Gasteiger partial charge in [0.15, 0.2) is 17.5 Å². The molecule has 0 spiro atoms. The smallest absolute Gasteiger partial charge is 0.164 e. The topological polar surface area (TPSA) is 51.6 Å². The molecule has 0 bridgehead atoms. The lowest BCUT2D eigenvalue weighted by Gasteiger charge is -2.11. The molecule has 3 aromatic heterocycles. The van der Waals surface area contributed by atoms with E-state index < -0.39 is 0 Å². The first kappa shape index (κ1) is 29.4. The predicted octanol–water partition coefficient (Wildman–Crippen LogP) is 12.3. The highest BCUT2D eigenvalue weighted by Crippen LogP contribution is 2.46. The number of aromatic nitrogens is 4. The second-order valence-electron chi connectivity index (χ2n) is 12.6. The van der Waals surface area contributed by atoms with E-state index in [0.717, 1.165) is 39.0 Å². The van der Waals surface area contributed by atoms with Crippen LogP contribution in [-0.4, -0.2) is 19.9 Å². The summed E-state index contributed by atoms with van der Waals surface area (Å²) in [5.41, 5.74) is 8.36. The van der Waals surface area contributed by atoms with E-state index in [0.29, 0.717) is 17.5 Å². The summed E-state index contributed by atoms with van der Waals surface area (Å²) in [7, 11) is 0. The fourth-order valence-electron chi connectivity index (χ4n) is 7.07. The first-order chi connectivity index (χ1) is 25.3. The van der Waals surface area contributed by atoms with Crippen molar-refractivity contribution in [3.63, 3.8) is 0 Å². The lowest BCUT2D eigenvalue weighted by molar-refractivity contribution is 1.07. The van der Waals surface area contributed by atoms with Gasteiger partial charge in [0.1, 0.15) is 0 Å². The maximum atomic E-state index is 5.17. The predicted molar refractivity (Wildman–Crippen MR) is 213 cm³/mol. The molecule has 0 aliphatic carbocycles. The Kier molecular flexibility index (Phi) is 6.96.